The van der Waals surface area contributed by atoms with Crippen LogP contribution in [0.1, 0.15) is 150 Å². The predicted octanol–water partition coefficient (Wildman–Crippen LogP) is 11.8. The molecular weight excluding hydrogens is 592 g/mol. The van der Waals surface area contributed by atoms with Crippen molar-refractivity contribution in [3.8, 4) is 11.5 Å². The smallest absolute Gasteiger partial charge is 0.318 e. The van der Waals surface area contributed by atoms with Gasteiger partial charge in [0.1, 0.15) is 17.1 Å². The first-order valence-corrected chi connectivity index (χ1v) is 18.6. The van der Waals surface area contributed by atoms with Gasteiger partial charge in [0.15, 0.2) is 5.78 Å². The molecule has 4 nitrogen and oxygen atoms in total. The van der Waals surface area contributed by atoms with Gasteiger partial charge in [-0.2, -0.15) is 0 Å². The highest BCUT2D eigenvalue weighted by Crippen LogP contribution is 2.43. The van der Waals surface area contributed by atoms with Gasteiger partial charge in [-0.25, -0.2) is 0 Å². The third kappa shape index (κ3) is 10.3. The molecule has 0 aliphatic carbocycles. The zero-order chi connectivity index (χ0) is 34.8. The number of carbonyl (C=O) groups excluding carboxylic acids is 2. The Morgan fingerprint density at radius 1 is 0.792 bits per heavy atom. The van der Waals surface area contributed by atoms with E-state index in [-0.39, 0.29) is 17.4 Å². The van der Waals surface area contributed by atoms with Crippen molar-refractivity contribution in [2.24, 2.45) is 17.8 Å². The lowest BCUT2D eigenvalue weighted by Crippen LogP contribution is -2.37. The molecule has 3 aromatic rings. The SMILES string of the molecule is Cc1cc(OC(=O)[C@@H](C)c2cccc(C(=O)c3ccccc3)c2)c(C)c2c1OC(C)(CCCC(C)CCCC(C)CCCC(C)C)CC2. The van der Waals surface area contributed by atoms with Crippen molar-refractivity contribution < 1.29 is 19.1 Å². The van der Waals surface area contributed by atoms with E-state index in [4.69, 9.17) is 9.47 Å². The van der Waals surface area contributed by atoms with Gasteiger partial charge in [0.05, 0.1) is 5.92 Å². The summed E-state index contributed by atoms with van der Waals surface area (Å²) in [6, 6.07) is 18.5. The molecule has 4 rings (SSSR count). The Kier molecular flexibility index (Phi) is 13.5. The summed E-state index contributed by atoms with van der Waals surface area (Å²) in [4.78, 5) is 26.4. The Balaban J connectivity index is 1.30. The molecule has 48 heavy (non-hydrogen) atoms. The molecule has 0 N–H and O–H groups in total. The van der Waals surface area contributed by atoms with E-state index in [1.165, 1.54) is 51.4 Å². The highest BCUT2D eigenvalue weighted by molar-refractivity contribution is 6.09. The van der Waals surface area contributed by atoms with E-state index in [2.05, 4.69) is 41.5 Å². The van der Waals surface area contributed by atoms with Crippen molar-refractivity contribution in [1.29, 1.82) is 0 Å². The first kappa shape index (κ1) is 37.4. The standard InChI is InChI=1S/C44H60O4/c1-30(2)16-12-17-31(3)18-13-19-32(4)20-15-26-44(8)27-25-39-35(7)40(28-33(5)42(39)48-44)47-43(46)34(6)37-23-14-24-38(29-37)41(45)36-21-10-9-11-22-36/h9-11,14,21-24,28-32,34H,12-13,15-20,25-27H2,1-8H3/t31?,32?,34-,44?/m0/s1. The average molecular weight is 653 g/mol. The van der Waals surface area contributed by atoms with Crippen LogP contribution >= 0.6 is 0 Å². The van der Waals surface area contributed by atoms with Crippen LogP contribution in [-0.2, 0) is 11.2 Å². The lowest BCUT2D eigenvalue weighted by atomic mass is 9.84. The summed E-state index contributed by atoms with van der Waals surface area (Å²) >= 11 is 0. The van der Waals surface area contributed by atoms with Crippen molar-refractivity contribution in [1.82, 2.24) is 0 Å². The van der Waals surface area contributed by atoms with Crippen LogP contribution in [0, 0.1) is 31.6 Å². The summed E-state index contributed by atoms with van der Waals surface area (Å²) in [5.41, 5.74) is 4.89. The maximum Gasteiger partial charge on any atom is 0.318 e. The minimum atomic E-state index is -0.524. The largest absolute Gasteiger partial charge is 0.487 e. The maximum atomic E-state index is 13.4. The molecule has 0 spiro atoms. The first-order chi connectivity index (χ1) is 22.9. The van der Waals surface area contributed by atoms with Crippen LogP contribution in [0.5, 0.6) is 11.5 Å². The summed E-state index contributed by atoms with van der Waals surface area (Å²) in [6.07, 6.45) is 13.5. The van der Waals surface area contributed by atoms with Crippen LogP contribution in [0.2, 0.25) is 0 Å². The van der Waals surface area contributed by atoms with Gasteiger partial charge in [-0.3, -0.25) is 9.59 Å². The van der Waals surface area contributed by atoms with E-state index in [0.717, 1.165) is 65.0 Å². The van der Waals surface area contributed by atoms with Gasteiger partial charge < -0.3 is 9.47 Å². The van der Waals surface area contributed by atoms with Crippen molar-refractivity contribution in [3.05, 3.63) is 94.0 Å². The fourth-order valence-electron chi connectivity index (χ4n) is 7.18. The van der Waals surface area contributed by atoms with Crippen LogP contribution in [0.15, 0.2) is 60.7 Å². The Hall–Kier alpha value is -3.40. The molecule has 1 aliphatic heterocycles. The Morgan fingerprint density at radius 3 is 2.08 bits per heavy atom. The van der Waals surface area contributed by atoms with Gasteiger partial charge in [-0.05, 0) is 100.0 Å². The number of fused-ring (bicyclic) bond motifs is 1. The van der Waals surface area contributed by atoms with Crippen LogP contribution in [-0.4, -0.2) is 17.4 Å². The van der Waals surface area contributed by atoms with Gasteiger partial charge in [-0.1, -0.05) is 121 Å². The molecule has 0 saturated heterocycles. The summed E-state index contributed by atoms with van der Waals surface area (Å²) in [7, 11) is 0. The number of hydrogen-bond donors (Lipinski definition) is 0. The average Bonchev–Trinajstić information content (AvgIpc) is 3.06. The molecule has 3 unspecified atom stereocenters. The molecule has 0 bridgehead atoms. The van der Waals surface area contributed by atoms with Crippen LogP contribution in [0.25, 0.3) is 0 Å². The van der Waals surface area contributed by atoms with E-state index < -0.39 is 5.92 Å². The van der Waals surface area contributed by atoms with E-state index in [1.807, 2.05) is 50.2 Å². The fraction of sp³-hybridized carbons (Fsp3) is 0.545. The minimum Gasteiger partial charge on any atom is -0.487 e. The van der Waals surface area contributed by atoms with E-state index in [9.17, 15) is 9.59 Å². The summed E-state index contributed by atoms with van der Waals surface area (Å²) < 4.78 is 12.8. The van der Waals surface area contributed by atoms with Gasteiger partial charge >= 0.3 is 5.97 Å². The maximum absolute atomic E-state index is 13.4. The summed E-state index contributed by atoms with van der Waals surface area (Å²) in [6.45, 7) is 17.7. The molecule has 0 radical (unpaired) electrons. The van der Waals surface area contributed by atoms with Crippen molar-refractivity contribution in [3.63, 3.8) is 0 Å². The van der Waals surface area contributed by atoms with Crippen molar-refractivity contribution >= 4 is 11.8 Å². The molecule has 1 aliphatic rings. The second-order valence-corrected chi connectivity index (χ2v) is 15.5. The third-order valence-electron chi connectivity index (χ3n) is 10.6. The number of benzene rings is 3. The predicted molar refractivity (Wildman–Crippen MR) is 198 cm³/mol. The van der Waals surface area contributed by atoms with Gasteiger partial charge in [0, 0.05) is 16.7 Å². The molecule has 3 aromatic carbocycles. The summed E-state index contributed by atoms with van der Waals surface area (Å²) in [5, 5.41) is 0. The van der Waals surface area contributed by atoms with Gasteiger partial charge in [0.25, 0.3) is 0 Å². The van der Waals surface area contributed by atoms with E-state index >= 15 is 0 Å². The summed E-state index contributed by atoms with van der Waals surface area (Å²) in [5.74, 6) is 3.05. The molecule has 1 heterocycles. The van der Waals surface area contributed by atoms with Crippen molar-refractivity contribution in [2.45, 2.75) is 138 Å². The molecule has 4 atom stereocenters. The first-order valence-electron chi connectivity index (χ1n) is 18.6. The number of ether oxygens (including phenoxy) is 2. The Labute approximate surface area is 291 Å². The Bertz CT molecular complexity index is 1510. The molecule has 0 fully saturated rings. The number of hydrogen-bond acceptors (Lipinski definition) is 4. The van der Waals surface area contributed by atoms with Crippen LogP contribution in [0.4, 0.5) is 0 Å². The quantitative estimate of drug-likeness (QED) is 0.0827. The van der Waals surface area contributed by atoms with Crippen molar-refractivity contribution in [2.75, 3.05) is 0 Å². The lowest BCUT2D eigenvalue weighted by Gasteiger charge is -2.38. The monoisotopic (exact) mass is 652 g/mol. The van der Waals surface area contributed by atoms with Crippen LogP contribution in [0.3, 0.4) is 0 Å². The lowest BCUT2D eigenvalue weighted by molar-refractivity contribution is -0.135. The molecular formula is C44H60O4. The van der Waals surface area contributed by atoms with E-state index in [0.29, 0.717) is 16.9 Å². The third-order valence-corrected chi connectivity index (χ3v) is 10.6. The van der Waals surface area contributed by atoms with Gasteiger partial charge in [-0.15, -0.1) is 0 Å². The normalized spacial score (nSPS) is 17.7. The molecule has 0 amide bonds. The second kappa shape index (κ2) is 17.3. The molecule has 260 valence electrons. The molecule has 4 heteroatoms. The minimum absolute atomic E-state index is 0.0615. The number of carbonyl (C=O) groups is 2. The number of rotatable bonds is 17. The molecule has 0 saturated carbocycles. The Morgan fingerprint density at radius 2 is 1.42 bits per heavy atom. The molecule has 0 aromatic heterocycles. The highest BCUT2D eigenvalue weighted by atomic mass is 16.5. The van der Waals surface area contributed by atoms with E-state index in [1.54, 1.807) is 24.3 Å². The van der Waals surface area contributed by atoms with Crippen LogP contribution < -0.4 is 9.47 Å². The highest BCUT2D eigenvalue weighted by Gasteiger charge is 2.34. The fourth-order valence-corrected chi connectivity index (χ4v) is 7.18. The zero-order valence-corrected chi connectivity index (χ0v) is 31.0. The topological polar surface area (TPSA) is 52.6 Å². The second-order valence-electron chi connectivity index (χ2n) is 15.5. The zero-order valence-electron chi connectivity index (χ0n) is 31.0. The van der Waals surface area contributed by atoms with Gasteiger partial charge in [0.2, 0.25) is 0 Å². The number of aryl methyl sites for hydroxylation is 1. The number of ketones is 1. The number of esters is 1.